The van der Waals surface area contributed by atoms with E-state index in [9.17, 15) is 9.59 Å². The van der Waals surface area contributed by atoms with Crippen molar-refractivity contribution in [1.29, 1.82) is 0 Å². The van der Waals surface area contributed by atoms with Crippen LogP contribution in [-0.2, 0) is 9.47 Å². The van der Waals surface area contributed by atoms with Crippen LogP contribution in [0, 0.1) is 6.92 Å². The monoisotopic (exact) mass is 520 g/mol. The lowest BCUT2D eigenvalue weighted by Crippen LogP contribution is -2.04. The highest BCUT2D eigenvalue weighted by molar-refractivity contribution is 7.99. The predicted molar refractivity (Wildman–Crippen MR) is 156 cm³/mol. The van der Waals surface area contributed by atoms with Gasteiger partial charge < -0.3 is 9.47 Å². The Morgan fingerprint density at radius 1 is 0.838 bits per heavy atom. The topological polar surface area (TPSA) is 52.6 Å². The molecule has 0 aliphatic rings. The standard InChI is InChI=1S/C26H24O3S.C5H12O.CH4/c1-5-29-26(28)21-12-10-20(11-13-21)18(3)23-8-6-7-9-25(23)30-24-15-14-22(19(4)27)16-17(24)2;1-3-5-6-4-2;/h6-16H,3,5H2,1-2,4H3;3-5H2,1-2H3;1H4. The predicted octanol–water partition coefficient (Wildman–Crippen LogP) is 8.66. The minimum absolute atomic E-state index is 0. The van der Waals surface area contributed by atoms with Gasteiger partial charge in [-0.05, 0) is 86.7 Å². The zero-order valence-corrected chi connectivity index (χ0v) is 22.7. The summed E-state index contributed by atoms with van der Waals surface area (Å²) in [5.41, 5.74) is 5.16. The number of rotatable bonds is 10. The molecule has 37 heavy (non-hydrogen) atoms. The molecule has 0 aromatic heterocycles. The van der Waals surface area contributed by atoms with E-state index in [0.29, 0.717) is 12.2 Å². The van der Waals surface area contributed by atoms with Gasteiger partial charge in [-0.2, -0.15) is 0 Å². The molecule has 0 aliphatic heterocycles. The van der Waals surface area contributed by atoms with Gasteiger partial charge in [0, 0.05) is 28.6 Å². The Labute approximate surface area is 227 Å². The number of hydrogen-bond donors (Lipinski definition) is 0. The molecule has 0 spiro atoms. The molecular weight excluding hydrogens is 480 g/mol. The summed E-state index contributed by atoms with van der Waals surface area (Å²) in [5.74, 6) is -0.259. The van der Waals surface area contributed by atoms with E-state index < -0.39 is 0 Å². The summed E-state index contributed by atoms with van der Waals surface area (Å²) in [6.45, 7) is 15.9. The maximum Gasteiger partial charge on any atom is 0.338 e. The van der Waals surface area contributed by atoms with Crippen molar-refractivity contribution < 1.29 is 19.1 Å². The van der Waals surface area contributed by atoms with Gasteiger partial charge in [0.05, 0.1) is 12.2 Å². The molecule has 3 aromatic rings. The van der Waals surface area contributed by atoms with Gasteiger partial charge in [0.15, 0.2) is 5.78 Å². The third-order valence-corrected chi connectivity index (χ3v) is 6.56. The van der Waals surface area contributed by atoms with Gasteiger partial charge in [-0.25, -0.2) is 4.79 Å². The Bertz CT molecular complexity index is 1160. The van der Waals surface area contributed by atoms with Crippen LogP contribution < -0.4 is 0 Å². The van der Waals surface area contributed by atoms with Crippen LogP contribution >= 0.6 is 11.8 Å². The molecule has 198 valence electrons. The first-order valence-electron chi connectivity index (χ1n) is 12.2. The highest BCUT2D eigenvalue weighted by atomic mass is 32.2. The summed E-state index contributed by atoms with van der Waals surface area (Å²) in [6.07, 6.45) is 1.13. The average Bonchev–Trinajstić information content (AvgIpc) is 2.89. The van der Waals surface area contributed by atoms with Gasteiger partial charge >= 0.3 is 5.97 Å². The van der Waals surface area contributed by atoms with Crippen molar-refractivity contribution in [2.75, 3.05) is 19.8 Å². The van der Waals surface area contributed by atoms with Gasteiger partial charge in [0.25, 0.3) is 0 Å². The van der Waals surface area contributed by atoms with E-state index in [-0.39, 0.29) is 19.2 Å². The van der Waals surface area contributed by atoms with Crippen LogP contribution in [0.2, 0.25) is 0 Å². The largest absolute Gasteiger partial charge is 0.462 e. The first kappa shape index (κ1) is 31.9. The lowest BCUT2D eigenvalue weighted by Gasteiger charge is -2.14. The molecule has 0 fully saturated rings. The third kappa shape index (κ3) is 9.67. The molecule has 0 N–H and O–H groups in total. The number of benzene rings is 3. The fourth-order valence-electron chi connectivity index (χ4n) is 3.37. The molecule has 0 atom stereocenters. The molecule has 0 radical (unpaired) electrons. The Hall–Kier alpha value is -3.15. The van der Waals surface area contributed by atoms with Gasteiger partial charge in [0.1, 0.15) is 0 Å². The van der Waals surface area contributed by atoms with Crippen molar-refractivity contribution in [3.8, 4) is 0 Å². The summed E-state index contributed by atoms with van der Waals surface area (Å²) in [6, 6.07) is 21.2. The van der Waals surface area contributed by atoms with Crippen LogP contribution in [0.4, 0.5) is 0 Å². The van der Waals surface area contributed by atoms with Crippen LogP contribution in [-0.4, -0.2) is 31.6 Å². The summed E-state index contributed by atoms with van der Waals surface area (Å²) >= 11 is 1.65. The van der Waals surface area contributed by atoms with Crippen molar-refractivity contribution in [3.05, 3.63) is 101 Å². The van der Waals surface area contributed by atoms with Gasteiger partial charge in [-0.1, -0.05) is 69.1 Å². The van der Waals surface area contributed by atoms with E-state index in [0.717, 1.165) is 57.3 Å². The minimum atomic E-state index is -0.324. The second-order valence-electron chi connectivity index (χ2n) is 8.11. The Morgan fingerprint density at radius 2 is 1.46 bits per heavy atom. The molecule has 0 aliphatic carbocycles. The molecule has 0 saturated carbocycles. The summed E-state index contributed by atoms with van der Waals surface area (Å²) in [5, 5.41) is 0. The van der Waals surface area contributed by atoms with Crippen molar-refractivity contribution in [1.82, 2.24) is 0 Å². The summed E-state index contributed by atoms with van der Waals surface area (Å²) in [7, 11) is 0. The second kappa shape index (κ2) is 16.6. The van der Waals surface area contributed by atoms with Crippen molar-refractivity contribution in [2.45, 2.75) is 58.3 Å². The van der Waals surface area contributed by atoms with Crippen molar-refractivity contribution in [3.63, 3.8) is 0 Å². The van der Waals surface area contributed by atoms with E-state index in [2.05, 4.69) is 19.6 Å². The maximum absolute atomic E-state index is 11.9. The number of ketones is 1. The number of carbonyl (C=O) groups is 2. The Balaban J connectivity index is 0.000000876. The van der Waals surface area contributed by atoms with E-state index in [1.54, 1.807) is 37.7 Å². The lowest BCUT2D eigenvalue weighted by molar-refractivity contribution is 0.0526. The van der Waals surface area contributed by atoms with Crippen LogP contribution in [0.15, 0.2) is 83.1 Å². The number of esters is 1. The van der Waals surface area contributed by atoms with Crippen LogP contribution in [0.3, 0.4) is 0 Å². The van der Waals surface area contributed by atoms with E-state index in [1.165, 1.54) is 0 Å². The maximum atomic E-state index is 11.9. The number of Topliss-reactive ketones (excluding diaryl/α,β-unsaturated/α-hetero) is 1. The van der Waals surface area contributed by atoms with Crippen LogP contribution in [0.25, 0.3) is 5.57 Å². The lowest BCUT2D eigenvalue weighted by atomic mass is 9.98. The molecule has 3 rings (SSSR count). The molecule has 4 nitrogen and oxygen atoms in total. The van der Waals surface area contributed by atoms with E-state index in [4.69, 9.17) is 9.47 Å². The van der Waals surface area contributed by atoms with E-state index >= 15 is 0 Å². The van der Waals surface area contributed by atoms with Gasteiger partial charge in [-0.3, -0.25) is 4.79 Å². The molecule has 0 unspecified atom stereocenters. The molecule has 0 saturated heterocycles. The number of carbonyl (C=O) groups excluding carboxylic acids is 2. The first-order chi connectivity index (χ1) is 17.3. The SMILES string of the molecule is C.C=C(c1ccc(C(=O)OCC)cc1)c1ccccc1Sc1ccc(C(C)=O)cc1C.CCCOCC. The summed E-state index contributed by atoms with van der Waals surface area (Å²) < 4.78 is 10.0. The quantitative estimate of drug-likeness (QED) is 0.152. The second-order valence-corrected chi connectivity index (χ2v) is 9.19. The van der Waals surface area contributed by atoms with Crippen molar-refractivity contribution in [2.24, 2.45) is 0 Å². The third-order valence-electron chi connectivity index (χ3n) is 5.31. The Morgan fingerprint density at radius 3 is 2.00 bits per heavy atom. The zero-order chi connectivity index (χ0) is 26.5. The molecule has 0 bridgehead atoms. The van der Waals surface area contributed by atoms with Crippen LogP contribution in [0.1, 0.15) is 78.9 Å². The normalized spacial score (nSPS) is 9.97. The van der Waals surface area contributed by atoms with E-state index in [1.807, 2.05) is 62.4 Å². The average molecular weight is 521 g/mol. The fourth-order valence-corrected chi connectivity index (χ4v) is 4.41. The number of ether oxygens (including phenoxy) is 2. The summed E-state index contributed by atoms with van der Waals surface area (Å²) in [4.78, 5) is 25.7. The highest BCUT2D eigenvalue weighted by Gasteiger charge is 2.13. The number of hydrogen-bond acceptors (Lipinski definition) is 5. The number of aryl methyl sites for hydroxylation is 1. The van der Waals surface area contributed by atoms with Crippen LogP contribution in [0.5, 0.6) is 0 Å². The molecule has 5 heteroatoms. The molecule has 0 amide bonds. The van der Waals surface area contributed by atoms with Gasteiger partial charge in [-0.15, -0.1) is 0 Å². The highest BCUT2D eigenvalue weighted by Crippen LogP contribution is 2.37. The first-order valence-corrected chi connectivity index (χ1v) is 13.1. The zero-order valence-electron chi connectivity index (χ0n) is 21.9. The van der Waals surface area contributed by atoms with Crippen molar-refractivity contribution >= 4 is 29.1 Å². The minimum Gasteiger partial charge on any atom is -0.462 e. The fraction of sp³-hybridized carbons (Fsp3) is 0.312. The molecule has 0 heterocycles. The van der Waals surface area contributed by atoms with Gasteiger partial charge in [0.2, 0.25) is 0 Å². The Kier molecular flexibility index (Phi) is 14.3. The molecule has 3 aromatic carbocycles. The molecular formula is C32H40O4S. The smallest absolute Gasteiger partial charge is 0.338 e.